The van der Waals surface area contributed by atoms with E-state index in [0.717, 1.165) is 41.7 Å². The monoisotopic (exact) mass is 679 g/mol. The van der Waals surface area contributed by atoms with Gasteiger partial charge in [0, 0.05) is 86.9 Å². The minimum absolute atomic E-state index is 0. The van der Waals surface area contributed by atoms with Gasteiger partial charge in [-0.2, -0.15) is 7.05 Å². The van der Waals surface area contributed by atoms with E-state index >= 15 is 0 Å². The Labute approximate surface area is 285 Å². The van der Waals surface area contributed by atoms with Gasteiger partial charge in [-0.1, -0.05) is 43.7 Å². The van der Waals surface area contributed by atoms with Crippen molar-refractivity contribution in [3.63, 3.8) is 0 Å². The summed E-state index contributed by atoms with van der Waals surface area (Å²) in [5.41, 5.74) is 9.38. The maximum absolute atomic E-state index is 14.6. The van der Waals surface area contributed by atoms with Gasteiger partial charge < -0.3 is 30.8 Å². The zero-order valence-corrected chi connectivity index (χ0v) is 29.0. The van der Waals surface area contributed by atoms with Gasteiger partial charge in [-0.15, -0.1) is 6.54 Å². The zero-order chi connectivity index (χ0) is 31.0. The molecule has 8 nitrogen and oxygen atoms in total. The second-order valence-corrected chi connectivity index (χ2v) is 10.5. The standard InChI is InChI=1S/C23H26FN4O2.C7H8O.C4H11N.Y/c1-15-9-16(5-6-27-15)12-26-13-17-14-28(18-3-4-18)21-11-22(30-8-7-25-2)20(24)10-19(21)23(17)29;8-6-7-4-2-1-3-5-7;1-2-3-4-5;/h5-6,9-11,14,18,26H,3-4,7-8,12-13H2,1-2H3;1-5,8H,6H2;2-5H2,1H3;/q-1;;;. The molecule has 2 aromatic carbocycles. The van der Waals surface area contributed by atoms with Gasteiger partial charge in [-0.25, -0.2) is 4.39 Å². The predicted octanol–water partition coefficient (Wildman–Crippen LogP) is 5.77. The van der Waals surface area contributed by atoms with Crippen LogP contribution < -0.4 is 21.2 Å². The number of aryl methyl sites for hydroxylation is 1. The normalized spacial score (nSPS) is 12.0. The smallest absolute Gasteiger partial charge is 0.193 e. The number of fused-ring (bicyclic) bond motifs is 1. The van der Waals surface area contributed by atoms with Crippen LogP contribution in [0.4, 0.5) is 4.39 Å². The number of aliphatic hydroxyl groups is 1. The molecule has 4 aromatic rings. The first-order chi connectivity index (χ1) is 20.9. The largest absolute Gasteiger partial charge is 0.662 e. The van der Waals surface area contributed by atoms with Crippen LogP contribution in [0.3, 0.4) is 0 Å². The number of ether oxygens (including phenoxy) is 1. The maximum Gasteiger partial charge on any atom is 0.193 e. The van der Waals surface area contributed by atoms with Crippen molar-refractivity contribution in [1.82, 2.24) is 14.9 Å². The van der Waals surface area contributed by atoms with E-state index in [1.54, 1.807) is 19.3 Å². The van der Waals surface area contributed by atoms with Crippen molar-refractivity contribution in [2.24, 2.45) is 5.73 Å². The van der Waals surface area contributed by atoms with Crippen molar-refractivity contribution < 1.29 is 46.9 Å². The number of benzene rings is 2. The first kappa shape index (κ1) is 37.7. The van der Waals surface area contributed by atoms with Crippen molar-refractivity contribution >= 4 is 10.9 Å². The van der Waals surface area contributed by atoms with Gasteiger partial charge in [0.05, 0.1) is 18.7 Å². The quantitative estimate of drug-likeness (QED) is 0.164. The minimum atomic E-state index is -0.518. The number of pyridine rings is 2. The van der Waals surface area contributed by atoms with Gasteiger partial charge in [0.2, 0.25) is 0 Å². The Bertz CT molecular complexity index is 1460. The minimum Gasteiger partial charge on any atom is -0.662 e. The Hall–Kier alpha value is -2.53. The maximum atomic E-state index is 14.6. The van der Waals surface area contributed by atoms with Crippen LogP contribution >= 0.6 is 0 Å². The van der Waals surface area contributed by atoms with Crippen LogP contribution in [-0.2, 0) is 52.4 Å². The number of aromatic nitrogens is 2. The molecule has 1 radical (unpaired) electrons. The van der Waals surface area contributed by atoms with E-state index in [0.29, 0.717) is 43.2 Å². The summed E-state index contributed by atoms with van der Waals surface area (Å²) in [7, 11) is 1.69. The molecule has 4 N–H and O–H groups in total. The van der Waals surface area contributed by atoms with Crippen molar-refractivity contribution in [3.05, 3.63) is 111 Å². The molecular formula is C34H45FN5O3Y-. The van der Waals surface area contributed by atoms with Gasteiger partial charge in [-0.3, -0.25) is 9.78 Å². The van der Waals surface area contributed by atoms with E-state index in [1.165, 1.54) is 18.9 Å². The molecule has 0 unspecified atom stereocenters. The van der Waals surface area contributed by atoms with Crippen LogP contribution in [0.1, 0.15) is 61.0 Å². The van der Waals surface area contributed by atoms with Gasteiger partial charge in [-0.05, 0) is 62.1 Å². The number of nitrogens with one attached hydrogen (secondary N) is 1. The third-order valence-electron chi connectivity index (χ3n) is 6.86. The first-order valence-corrected chi connectivity index (χ1v) is 14.9. The molecule has 5 rings (SSSR count). The fourth-order valence-electron chi connectivity index (χ4n) is 4.39. The van der Waals surface area contributed by atoms with Crippen molar-refractivity contribution in [2.75, 3.05) is 26.7 Å². The van der Waals surface area contributed by atoms with Crippen LogP contribution in [-0.4, -0.2) is 41.4 Å². The van der Waals surface area contributed by atoms with E-state index in [4.69, 9.17) is 15.6 Å². The van der Waals surface area contributed by atoms with E-state index in [-0.39, 0.29) is 50.5 Å². The number of rotatable bonds is 12. The Balaban J connectivity index is 0.000000402. The molecule has 1 aliphatic carbocycles. The molecular weight excluding hydrogens is 634 g/mol. The van der Waals surface area contributed by atoms with Crippen LogP contribution in [0.5, 0.6) is 5.75 Å². The number of likely N-dealkylation sites (N-methyl/N-ethyl adjacent to an activating group) is 1. The molecule has 0 spiro atoms. The number of hydrogen-bond donors (Lipinski definition) is 3. The predicted molar refractivity (Wildman–Crippen MR) is 172 cm³/mol. The summed E-state index contributed by atoms with van der Waals surface area (Å²) in [6.45, 7) is 6.92. The summed E-state index contributed by atoms with van der Waals surface area (Å²) >= 11 is 0. The second kappa shape index (κ2) is 20.5. The summed E-state index contributed by atoms with van der Waals surface area (Å²) in [5, 5.41) is 16.2. The number of halogens is 1. The molecule has 0 bridgehead atoms. The second-order valence-electron chi connectivity index (χ2n) is 10.5. The fourth-order valence-corrected chi connectivity index (χ4v) is 4.39. The average molecular weight is 680 g/mol. The summed E-state index contributed by atoms with van der Waals surface area (Å²) in [4.78, 5) is 17.3. The molecule has 1 aliphatic rings. The summed E-state index contributed by atoms with van der Waals surface area (Å²) in [6, 6.07) is 16.8. The molecule has 235 valence electrons. The Morgan fingerprint density at radius 3 is 2.45 bits per heavy atom. The number of unbranched alkanes of at least 4 members (excludes halogenated alkanes) is 1. The molecule has 44 heavy (non-hydrogen) atoms. The van der Waals surface area contributed by atoms with Gasteiger partial charge in [0.15, 0.2) is 17.0 Å². The van der Waals surface area contributed by atoms with Crippen molar-refractivity contribution in [3.8, 4) is 5.75 Å². The van der Waals surface area contributed by atoms with E-state index in [1.807, 2.05) is 55.6 Å². The molecule has 2 heterocycles. The first-order valence-electron chi connectivity index (χ1n) is 14.9. The fraction of sp³-hybridized carbons (Fsp3) is 0.412. The number of nitrogens with zero attached hydrogens (tertiary/aromatic N) is 3. The van der Waals surface area contributed by atoms with Crippen LogP contribution in [0, 0.1) is 12.7 Å². The number of nitrogens with two attached hydrogens (primary N) is 1. The SMILES string of the molecule is CCCCN.C[N-]CCOc1cc2c(cc1F)c(=O)c(CNCc1ccnc(C)c1)cn2C1CC1.OCc1ccccc1.[Y]. The molecule has 0 aliphatic heterocycles. The molecule has 1 saturated carbocycles. The molecule has 10 heteroatoms. The molecule has 2 aromatic heterocycles. The zero-order valence-electron chi connectivity index (χ0n) is 26.1. The molecule has 0 atom stereocenters. The third kappa shape index (κ3) is 12.1. The Morgan fingerprint density at radius 2 is 1.89 bits per heavy atom. The molecule has 0 amide bonds. The van der Waals surface area contributed by atoms with E-state index in [2.05, 4.69) is 27.1 Å². The third-order valence-corrected chi connectivity index (χ3v) is 6.86. The number of aliphatic hydroxyl groups excluding tert-OH is 1. The molecule has 1 fully saturated rings. The number of hydrogen-bond acceptors (Lipinski definition) is 6. The average Bonchev–Trinajstić information content (AvgIpc) is 3.86. The summed E-state index contributed by atoms with van der Waals surface area (Å²) in [5.74, 6) is -0.352. The molecule has 0 saturated heterocycles. The van der Waals surface area contributed by atoms with Gasteiger partial charge in [0.25, 0.3) is 0 Å². The van der Waals surface area contributed by atoms with Crippen LogP contribution in [0.2, 0.25) is 0 Å². The summed E-state index contributed by atoms with van der Waals surface area (Å²) < 4.78 is 22.2. The Kier molecular flexibility index (Phi) is 17.5. The summed E-state index contributed by atoms with van der Waals surface area (Å²) in [6.07, 6.45) is 8.19. The van der Waals surface area contributed by atoms with Crippen molar-refractivity contribution in [2.45, 2.75) is 65.3 Å². The topological polar surface area (TPSA) is 117 Å². The van der Waals surface area contributed by atoms with Crippen molar-refractivity contribution in [1.29, 1.82) is 0 Å². The Morgan fingerprint density at radius 1 is 1.14 bits per heavy atom. The van der Waals surface area contributed by atoms with Crippen LogP contribution in [0.15, 0.2) is 71.8 Å². The van der Waals surface area contributed by atoms with E-state index < -0.39 is 5.82 Å². The van der Waals surface area contributed by atoms with Gasteiger partial charge >= 0.3 is 0 Å². The van der Waals surface area contributed by atoms with Crippen LogP contribution in [0.25, 0.3) is 16.2 Å². The van der Waals surface area contributed by atoms with Gasteiger partial charge in [0.1, 0.15) is 0 Å². The van der Waals surface area contributed by atoms with E-state index in [9.17, 15) is 9.18 Å².